The van der Waals surface area contributed by atoms with Crippen molar-refractivity contribution >= 4 is 23.4 Å². The molecule has 0 saturated carbocycles. The molecule has 2 nitrogen and oxygen atoms in total. The van der Waals surface area contributed by atoms with E-state index in [-0.39, 0.29) is 16.9 Å². The number of hydrogen-bond donors (Lipinski definition) is 2. The van der Waals surface area contributed by atoms with Crippen LogP contribution < -0.4 is 11.1 Å². The van der Waals surface area contributed by atoms with Crippen molar-refractivity contribution in [1.82, 2.24) is 5.32 Å². The van der Waals surface area contributed by atoms with Gasteiger partial charge in [0, 0.05) is 24.9 Å². The zero-order valence-electron chi connectivity index (χ0n) is 9.88. The van der Waals surface area contributed by atoms with Gasteiger partial charge in [-0.1, -0.05) is 23.7 Å². The molecule has 0 saturated heterocycles. The number of nitrogens with one attached hydrogen (secondary N) is 1. The van der Waals surface area contributed by atoms with Gasteiger partial charge in [-0.15, -0.1) is 0 Å². The summed E-state index contributed by atoms with van der Waals surface area (Å²) in [6.07, 6.45) is 2.62. The van der Waals surface area contributed by atoms with E-state index in [0.29, 0.717) is 18.5 Å². The lowest BCUT2D eigenvalue weighted by Gasteiger charge is -2.17. The largest absolute Gasteiger partial charge is 0.329 e. The summed E-state index contributed by atoms with van der Waals surface area (Å²) in [5.74, 6) is 0.688. The first-order valence-corrected chi connectivity index (χ1v) is 7.31. The molecule has 1 aromatic rings. The summed E-state index contributed by atoms with van der Waals surface area (Å²) in [5.41, 5.74) is 6.28. The Labute approximate surface area is 111 Å². The Kier molecular flexibility index (Phi) is 6.89. The zero-order valence-corrected chi connectivity index (χ0v) is 11.5. The Morgan fingerprint density at radius 1 is 1.53 bits per heavy atom. The maximum absolute atomic E-state index is 13.7. The van der Waals surface area contributed by atoms with Crippen LogP contribution in [0.25, 0.3) is 0 Å². The quantitative estimate of drug-likeness (QED) is 0.751. The van der Waals surface area contributed by atoms with Gasteiger partial charge in [-0.2, -0.15) is 11.8 Å². The normalized spacial score (nSPS) is 12.7. The first kappa shape index (κ1) is 14.8. The van der Waals surface area contributed by atoms with E-state index in [1.165, 1.54) is 0 Å². The average Bonchev–Trinajstić information content (AvgIpc) is 2.33. The number of rotatable bonds is 7. The third-order valence-corrected chi connectivity index (χ3v) is 3.43. The molecule has 0 fully saturated rings. The van der Waals surface area contributed by atoms with Crippen LogP contribution in [0, 0.1) is 5.82 Å². The molecule has 5 heteroatoms. The molecule has 0 heterocycles. The number of benzene rings is 1. The van der Waals surface area contributed by atoms with Crippen molar-refractivity contribution in [1.29, 1.82) is 0 Å². The number of halogens is 2. The van der Waals surface area contributed by atoms with Gasteiger partial charge < -0.3 is 11.1 Å². The van der Waals surface area contributed by atoms with Crippen LogP contribution in [0.4, 0.5) is 4.39 Å². The van der Waals surface area contributed by atoms with E-state index in [0.717, 1.165) is 12.3 Å². The standard InChI is InChI=1S/C12H18ClFN2S/c1-17-6-5-16-10(8-15)7-9-3-2-4-11(13)12(9)14/h2-4,10,16H,5-8,15H2,1H3. The second-order valence-electron chi connectivity index (χ2n) is 3.80. The molecule has 17 heavy (non-hydrogen) atoms. The molecule has 0 aromatic heterocycles. The summed E-state index contributed by atoms with van der Waals surface area (Å²) in [4.78, 5) is 0. The first-order chi connectivity index (χ1) is 8.19. The Hall–Kier alpha value is -0.290. The van der Waals surface area contributed by atoms with Crippen molar-refractivity contribution < 1.29 is 4.39 Å². The SMILES string of the molecule is CSCCNC(CN)Cc1cccc(Cl)c1F. The van der Waals surface area contributed by atoms with Crippen LogP contribution in [0.5, 0.6) is 0 Å². The van der Waals surface area contributed by atoms with E-state index in [9.17, 15) is 4.39 Å². The van der Waals surface area contributed by atoms with Crippen LogP contribution in [0.1, 0.15) is 5.56 Å². The predicted molar refractivity (Wildman–Crippen MR) is 74.3 cm³/mol. The van der Waals surface area contributed by atoms with E-state index >= 15 is 0 Å². The highest BCUT2D eigenvalue weighted by Crippen LogP contribution is 2.18. The molecule has 0 spiro atoms. The summed E-state index contributed by atoms with van der Waals surface area (Å²) in [6, 6.07) is 5.16. The number of hydrogen-bond acceptors (Lipinski definition) is 3. The summed E-state index contributed by atoms with van der Waals surface area (Å²) in [7, 11) is 0. The second kappa shape index (κ2) is 7.93. The third kappa shape index (κ3) is 4.84. The van der Waals surface area contributed by atoms with Crippen LogP contribution in [0.2, 0.25) is 5.02 Å². The van der Waals surface area contributed by atoms with Gasteiger partial charge in [0.25, 0.3) is 0 Å². The first-order valence-electron chi connectivity index (χ1n) is 5.54. The van der Waals surface area contributed by atoms with Crippen LogP contribution in [-0.4, -0.2) is 31.1 Å². The van der Waals surface area contributed by atoms with Crippen LogP contribution >= 0.6 is 23.4 Å². The fourth-order valence-corrected chi connectivity index (χ4v) is 2.09. The molecule has 0 aliphatic rings. The molecule has 3 N–H and O–H groups in total. The minimum absolute atomic E-state index is 0.0927. The minimum Gasteiger partial charge on any atom is -0.329 e. The Morgan fingerprint density at radius 3 is 2.94 bits per heavy atom. The van der Waals surface area contributed by atoms with Crippen molar-refractivity contribution in [2.75, 3.05) is 25.1 Å². The molecule has 0 bridgehead atoms. The van der Waals surface area contributed by atoms with Gasteiger partial charge in [0.05, 0.1) is 5.02 Å². The minimum atomic E-state index is -0.334. The lowest BCUT2D eigenvalue weighted by atomic mass is 10.1. The van der Waals surface area contributed by atoms with Crippen LogP contribution in [0.15, 0.2) is 18.2 Å². The van der Waals surface area contributed by atoms with Gasteiger partial charge in [-0.25, -0.2) is 4.39 Å². The van der Waals surface area contributed by atoms with Gasteiger partial charge >= 0.3 is 0 Å². The zero-order chi connectivity index (χ0) is 12.7. The predicted octanol–water partition coefficient (Wildman–Crippen LogP) is 2.30. The summed E-state index contributed by atoms with van der Waals surface area (Å²) in [6.45, 7) is 1.37. The van der Waals surface area contributed by atoms with E-state index in [1.807, 2.05) is 0 Å². The van der Waals surface area contributed by atoms with Gasteiger partial charge in [0.1, 0.15) is 5.82 Å². The highest BCUT2D eigenvalue weighted by Gasteiger charge is 2.12. The highest BCUT2D eigenvalue weighted by molar-refractivity contribution is 7.98. The Balaban J connectivity index is 2.57. The molecule has 1 rings (SSSR count). The molecule has 0 aliphatic heterocycles. The van der Waals surface area contributed by atoms with E-state index in [4.69, 9.17) is 17.3 Å². The van der Waals surface area contributed by atoms with Crippen molar-refractivity contribution in [3.05, 3.63) is 34.6 Å². The molecule has 1 unspecified atom stereocenters. The van der Waals surface area contributed by atoms with E-state index in [1.54, 1.807) is 30.0 Å². The fraction of sp³-hybridized carbons (Fsp3) is 0.500. The fourth-order valence-electron chi connectivity index (χ4n) is 1.58. The smallest absolute Gasteiger partial charge is 0.145 e. The molecule has 1 aromatic carbocycles. The van der Waals surface area contributed by atoms with Gasteiger partial charge in [-0.05, 0) is 24.3 Å². The van der Waals surface area contributed by atoms with Crippen molar-refractivity contribution in [3.63, 3.8) is 0 Å². The summed E-state index contributed by atoms with van der Waals surface area (Å²) >= 11 is 7.50. The Bertz CT molecular complexity index is 349. The lowest BCUT2D eigenvalue weighted by Crippen LogP contribution is -2.39. The van der Waals surface area contributed by atoms with Crippen molar-refractivity contribution in [3.8, 4) is 0 Å². The molecule has 96 valence electrons. The maximum atomic E-state index is 13.7. The molecule has 0 radical (unpaired) electrons. The summed E-state index contributed by atoms with van der Waals surface area (Å²) < 4.78 is 13.7. The second-order valence-corrected chi connectivity index (χ2v) is 5.19. The molecular formula is C12H18ClFN2S. The third-order valence-electron chi connectivity index (χ3n) is 2.52. The molecule has 1 atom stereocenters. The number of thioether (sulfide) groups is 1. The number of nitrogens with two attached hydrogens (primary N) is 1. The summed E-state index contributed by atoms with van der Waals surface area (Å²) in [5, 5.41) is 3.48. The lowest BCUT2D eigenvalue weighted by molar-refractivity contribution is 0.517. The van der Waals surface area contributed by atoms with Gasteiger partial charge in [-0.3, -0.25) is 0 Å². The van der Waals surface area contributed by atoms with E-state index in [2.05, 4.69) is 11.6 Å². The Morgan fingerprint density at radius 2 is 2.29 bits per heavy atom. The topological polar surface area (TPSA) is 38.0 Å². The van der Waals surface area contributed by atoms with Gasteiger partial charge in [0.2, 0.25) is 0 Å². The van der Waals surface area contributed by atoms with Gasteiger partial charge in [0.15, 0.2) is 0 Å². The average molecular weight is 277 g/mol. The van der Waals surface area contributed by atoms with E-state index < -0.39 is 0 Å². The molecule has 0 amide bonds. The monoisotopic (exact) mass is 276 g/mol. The van der Waals surface area contributed by atoms with Crippen LogP contribution in [-0.2, 0) is 6.42 Å². The van der Waals surface area contributed by atoms with Crippen LogP contribution in [0.3, 0.4) is 0 Å². The highest BCUT2D eigenvalue weighted by atomic mass is 35.5. The van der Waals surface area contributed by atoms with Crippen molar-refractivity contribution in [2.45, 2.75) is 12.5 Å². The maximum Gasteiger partial charge on any atom is 0.145 e. The van der Waals surface area contributed by atoms with Crippen molar-refractivity contribution in [2.24, 2.45) is 5.73 Å². The molecule has 0 aliphatic carbocycles. The molecular weight excluding hydrogens is 259 g/mol.